The Hall–Kier alpha value is -1.19. The number of nitrogens with zero attached hydrogens (tertiary/aromatic N) is 1. The number of halogens is 1. The number of rotatable bonds is 4. The van der Waals surface area contributed by atoms with E-state index >= 15 is 0 Å². The summed E-state index contributed by atoms with van der Waals surface area (Å²) in [6.45, 7) is 0.660. The van der Waals surface area contributed by atoms with E-state index in [4.69, 9.17) is 4.74 Å². The van der Waals surface area contributed by atoms with Crippen molar-refractivity contribution in [3.8, 4) is 0 Å². The highest BCUT2D eigenvalue weighted by atomic mass is 79.9. The van der Waals surface area contributed by atoms with Gasteiger partial charge < -0.3 is 4.74 Å². The van der Waals surface area contributed by atoms with E-state index in [0.29, 0.717) is 6.61 Å². The van der Waals surface area contributed by atoms with Crippen LogP contribution in [0.25, 0.3) is 0 Å². The third kappa shape index (κ3) is 3.14. The van der Waals surface area contributed by atoms with E-state index in [-0.39, 0.29) is 5.92 Å². The van der Waals surface area contributed by atoms with E-state index in [9.17, 15) is 0 Å². The highest BCUT2D eigenvalue weighted by Crippen LogP contribution is 2.25. The molecule has 0 N–H and O–H groups in total. The Morgan fingerprint density at radius 3 is 2.53 bits per heavy atom. The Bertz CT molecular complexity index is 455. The van der Waals surface area contributed by atoms with Gasteiger partial charge in [-0.3, -0.25) is 4.98 Å². The van der Waals surface area contributed by atoms with Gasteiger partial charge in [0, 0.05) is 29.9 Å². The van der Waals surface area contributed by atoms with Crippen LogP contribution in [0.1, 0.15) is 17.0 Å². The Labute approximate surface area is 110 Å². The van der Waals surface area contributed by atoms with Gasteiger partial charge in [0.05, 0.1) is 6.61 Å². The molecule has 0 aliphatic rings. The van der Waals surface area contributed by atoms with Crippen molar-refractivity contribution in [3.05, 3.63) is 64.4 Å². The molecule has 3 heteroatoms. The van der Waals surface area contributed by atoms with Gasteiger partial charge in [-0.15, -0.1) is 0 Å². The van der Waals surface area contributed by atoms with Crippen molar-refractivity contribution in [1.82, 2.24) is 4.98 Å². The van der Waals surface area contributed by atoms with Crippen LogP contribution < -0.4 is 0 Å². The highest BCUT2D eigenvalue weighted by Gasteiger charge is 2.13. The standard InChI is InChI=1S/C14H14BrNO/c1-17-10-14(12-3-2-8-16-9-12)11-4-6-13(15)7-5-11/h2-9,14H,10H2,1H3. The van der Waals surface area contributed by atoms with Crippen LogP contribution in [0.4, 0.5) is 0 Å². The summed E-state index contributed by atoms with van der Waals surface area (Å²) < 4.78 is 6.39. The van der Waals surface area contributed by atoms with Crippen LogP contribution in [0, 0.1) is 0 Å². The maximum atomic E-state index is 5.30. The number of ether oxygens (including phenoxy) is 1. The van der Waals surface area contributed by atoms with Gasteiger partial charge >= 0.3 is 0 Å². The van der Waals surface area contributed by atoms with Crippen molar-refractivity contribution in [2.45, 2.75) is 5.92 Å². The number of pyridine rings is 1. The van der Waals surface area contributed by atoms with Crippen LogP contribution >= 0.6 is 15.9 Å². The summed E-state index contributed by atoms with van der Waals surface area (Å²) in [5, 5.41) is 0. The third-order valence-corrected chi connectivity index (χ3v) is 3.22. The second kappa shape index (κ2) is 5.94. The maximum absolute atomic E-state index is 5.30. The lowest BCUT2D eigenvalue weighted by Crippen LogP contribution is -2.08. The first-order chi connectivity index (χ1) is 8.31. The third-order valence-electron chi connectivity index (χ3n) is 2.69. The predicted molar refractivity (Wildman–Crippen MR) is 72.1 cm³/mol. The lowest BCUT2D eigenvalue weighted by Gasteiger charge is -2.16. The molecule has 1 aromatic heterocycles. The molecule has 0 bridgehead atoms. The van der Waals surface area contributed by atoms with Crippen LogP contribution in [0.2, 0.25) is 0 Å². The zero-order valence-corrected chi connectivity index (χ0v) is 11.2. The molecule has 0 amide bonds. The van der Waals surface area contributed by atoms with Gasteiger partial charge in [-0.1, -0.05) is 34.1 Å². The lowest BCUT2D eigenvalue weighted by atomic mass is 9.93. The summed E-state index contributed by atoms with van der Waals surface area (Å²) in [5.41, 5.74) is 2.42. The van der Waals surface area contributed by atoms with Gasteiger partial charge in [-0.25, -0.2) is 0 Å². The molecule has 88 valence electrons. The average Bonchev–Trinajstić information content (AvgIpc) is 2.38. The molecule has 2 aromatic rings. The Balaban J connectivity index is 2.32. The smallest absolute Gasteiger partial charge is 0.0572 e. The molecule has 0 aliphatic heterocycles. The summed E-state index contributed by atoms with van der Waals surface area (Å²) in [6, 6.07) is 12.4. The first-order valence-electron chi connectivity index (χ1n) is 5.45. The van der Waals surface area contributed by atoms with Gasteiger partial charge in [0.1, 0.15) is 0 Å². The fourth-order valence-electron chi connectivity index (χ4n) is 1.83. The normalized spacial score (nSPS) is 12.4. The first kappa shape index (κ1) is 12.3. The highest BCUT2D eigenvalue weighted by molar-refractivity contribution is 9.10. The molecular formula is C14H14BrNO. The van der Waals surface area contributed by atoms with Crippen molar-refractivity contribution < 1.29 is 4.74 Å². The molecule has 1 aromatic carbocycles. The molecule has 0 radical (unpaired) electrons. The van der Waals surface area contributed by atoms with E-state index in [1.165, 1.54) is 11.1 Å². The molecule has 1 atom stereocenters. The first-order valence-corrected chi connectivity index (χ1v) is 6.25. The monoisotopic (exact) mass is 291 g/mol. The van der Waals surface area contributed by atoms with Crippen LogP contribution in [0.5, 0.6) is 0 Å². The summed E-state index contributed by atoms with van der Waals surface area (Å²) in [6.07, 6.45) is 3.68. The quantitative estimate of drug-likeness (QED) is 0.858. The zero-order chi connectivity index (χ0) is 12.1. The SMILES string of the molecule is COCC(c1ccc(Br)cc1)c1cccnc1. The van der Waals surface area contributed by atoms with Gasteiger partial charge in [-0.05, 0) is 29.3 Å². The Morgan fingerprint density at radius 2 is 1.94 bits per heavy atom. The van der Waals surface area contributed by atoms with Crippen molar-refractivity contribution in [2.75, 3.05) is 13.7 Å². The molecule has 2 rings (SSSR count). The molecule has 0 saturated carbocycles. The van der Waals surface area contributed by atoms with E-state index in [1.54, 1.807) is 13.3 Å². The van der Waals surface area contributed by atoms with E-state index in [0.717, 1.165) is 4.47 Å². The second-order valence-electron chi connectivity index (χ2n) is 3.85. The van der Waals surface area contributed by atoms with Gasteiger partial charge in [-0.2, -0.15) is 0 Å². The molecule has 0 fully saturated rings. The average molecular weight is 292 g/mol. The summed E-state index contributed by atoms with van der Waals surface area (Å²) in [7, 11) is 1.72. The molecular weight excluding hydrogens is 278 g/mol. The number of hydrogen-bond acceptors (Lipinski definition) is 2. The second-order valence-corrected chi connectivity index (χ2v) is 4.76. The molecule has 17 heavy (non-hydrogen) atoms. The lowest BCUT2D eigenvalue weighted by molar-refractivity contribution is 0.189. The summed E-state index contributed by atoms with van der Waals surface area (Å²) in [5.74, 6) is 0.238. The van der Waals surface area contributed by atoms with Crippen molar-refractivity contribution in [3.63, 3.8) is 0 Å². The minimum absolute atomic E-state index is 0.238. The Kier molecular flexibility index (Phi) is 4.29. The number of hydrogen-bond donors (Lipinski definition) is 0. The number of benzene rings is 1. The zero-order valence-electron chi connectivity index (χ0n) is 9.64. The molecule has 0 aliphatic carbocycles. The molecule has 0 spiro atoms. The van der Waals surface area contributed by atoms with Gasteiger partial charge in [0.15, 0.2) is 0 Å². The topological polar surface area (TPSA) is 22.1 Å². The van der Waals surface area contributed by atoms with Crippen LogP contribution in [-0.4, -0.2) is 18.7 Å². The number of aromatic nitrogens is 1. The van der Waals surface area contributed by atoms with E-state index < -0.39 is 0 Å². The van der Waals surface area contributed by atoms with Crippen LogP contribution in [0.3, 0.4) is 0 Å². The fourth-order valence-corrected chi connectivity index (χ4v) is 2.09. The van der Waals surface area contributed by atoms with Crippen molar-refractivity contribution in [2.24, 2.45) is 0 Å². The minimum Gasteiger partial charge on any atom is -0.384 e. The van der Waals surface area contributed by atoms with Crippen molar-refractivity contribution >= 4 is 15.9 Å². The molecule has 1 unspecified atom stereocenters. The van der Waals surface area contributed by atoms with Gasteiger partial charge in [0.2, 0.25) is 0 Å². The molecule has 1 heterocycles. The summed E-state index contributed by atoms with van der Waals surface area (Å²) >= 11 is 3.45. The molecule has 0 saturated heterocycles. The Morgan fingerprint density at radius 1 is 1.18 bits per heavy atom. The molecule has 2 nitrogen and oxygen atoms in total. The van der Waals surface area contributed by atoms with Gasteiger partial charge in [0.25, 0.3) is 0 Å². The summed E-state index contributed by atoms with van der Waals surface area (Å²) in [4.78, 5) is 4.17. The van der Waals surface area contributed by atoms with E-state index in [2.05, 4.69) is 39.1 Å². The fraction of sp³-hybridized carbons (Fsp3) is 0.214. The largest absolute Gasteiger partial charge is 0.384 e. The van der Waals surface area contributed by atoms with E-state index in [1.807, 2.05) is 24.4 Å². The van der Waals surface area contributed by atoms with Crippen LogP contribution in [-0.2, 0) is 4.74 Å². The predicted octanol–water partition coefficient (Wildman–Crippen LogP) is 3.62. The van der Waals surface area contributed by atoms with Crippen molar-refractivity contribution in [1.29, 1.82) is 0 Å². The minimum atomic E-state index is 0.238. The maximum Gasteiger partial charge on any atom is 0.0572 e. The van der Waals surface area contributed by atoms with Crippen LogP contribution in [0.15, 0.2) is 53.3 Å². The number of methoxy groups -OCH3 is 1.